The Morgan fingerprint density at radius 2 is 0.488 bits per heavy atom. The van der Waals surface area contributed by atoms with Crippen molar-refractivity contribution >= 4 is 0 Å². The first-order chi connectivity index (χ1) is 40.4. The van der Waals surface area contributed by atoms with Crippen molar-refractivity contribution in [2.75, 3.05) is 0 Å². The Morgan fingerprint density at radius 3 is 0.774 bits per heavy atom. The molecule has 0 N–H and O–H groups in total. The summed E-state index contributed by atoms with van der Waals surface area (Å²) in [7, 11) is 0. The maximum Gasteiger partial charge on any atom is 0.164 e. The van der Waals surface area contributed by atoms with Crippen LogP contribution >= 0.6 is 0 Å². The van der Waals surface area contributed by atoms with E-state index in [0.29, 0.717) is 29.1 Å². The van der Waals surface area contributed by atoms with Crippen molar-refractivity contribution in [2.24, 2.45) is 0 Å². The van der Waals surface area contributed by atoms with Crippen molar-refractivity contribution in [3.8, 4) is 90.6 Å². The average molecular weight is 1110 g/mol. The molecule has 0 saturated carbocycles. The van der Waals surface area contributed by atoms with Gasteiger partial charge in [-0.2, -0.15) is 0 Å². The van der Waals surface area contributed by atoms with Crippen LogP contribution in [0.5, 0.6) is 0 Å². The molecule has 0 radical (unpaired) electrons. The second-order valence-electron chi connectivity index (χ2n) is 25.2. The number of rotatable bonds is 19. The number of hydrogen-bond donors (Lipinski definition) is 0. The van der Waals surface area contributed by atoms with Crippen molar-refractivity contribution in [1.82, 2.24) is 29.9 Å². The molecule has 6 nitrogen and oxygen atoms in total. The van der Waals surface area contributed by atoms with Gasteiger partial charge in [-0.25, -0.2) is 29.9 Å². The van der Waals surface area contributed by atoms with Gasteiger partial charge < -0.3 is 0 Å². The third-order valence-electron chi connectivity index (χ3n) is 15.9. The Kier molecular flexibility index (Phi) is 20.1. The van der Waals surface area contributed by atoms with Crippen molar-refractivity contribution < 1.29 is 0 Å². The first-order valence-electron chi connectivity index (χ1n) is 30.7. The quantitative estimate of drug-likeness (QED) is 0.0751. The van der Waals surface area contributed by atoms with Crippen molar-refractivity contribution in [2.45, 2.75) is 158 Å². The molecule has 0 aliphatic carbocycles. The van der Waals surface area contributed by atoms with Crippen LogP contribution in [0.1, 0.15) is 152 Å². The standard InChI is InChI=1S/C43H43N3.C35H43N3/c1-28-9-13-32(14-10-28)39-44-40(33-15-11-29(2)12-16-33)46-41(45-39)36-26-34(30-17-21-37(22-18-30)42(3,4)5)25-35(27-36)31-19-23-38(24-20-31)43(6,7)8;1-4-5-6-7-8-9-10-11-12-13-14-29-19-25-32(26-20-29)35-37-33(30-21-15-27(2)16-22-30)36-34(38-35)31-23-17-28(3)18-24-31/h9-27H,1-8H3;15-26H,4-14H2,1-3H3. The number of nitrogens with zero attached hydrogens (tertiary/aromatic N) is 6. The van der Waals surface area contributed by atoms with Crippen LogP contribution in [0.4, 0.5) is 0 Å². The first kappa shape index (κ1) is 60.4. The third kappa shape index (κ3) is 16.5. The van der Waals surface area contributed by atoms with Gasteiger partial charge >= 0.3 is 0 Å². The summed E-state index contributed by atoms with van der Waals surface area (Å²) in [5.74, 6) is 4.12. The smallest absolute Gasteiger partial charge is 0.164 e. The van der Waals surface area contributed by atoms with Crippen LogP contribution in [0.25, 0.3) is 90.6 Å². The first-order valence-corrected chi connectivity index (χ1v) is 30.7. The van der Waals surface area contributed by atoms with Gasteiger partial charge in [-0.15, -0.1) is 0 Å². The molecule has 0 fully saturated rings. The largest absolute Gasteiger partial charge is 0.208 e. The van der Waals surface area contributed by atoms with E-state index >= 15 is 0 Å². The van der Waals surface area contributed by atoms with Gasteiger partial charge in [0, 0.05) is 33.4 Å². The van der Waals surface area contributed by atoms with Crippen LogP contribution in [-0.4, -0.2) is 29.9 Å². The van der Waals surface area contributed by atoms with E-state index in [1.165, 1.54) is 103 Å². The minimum atomic E-state index is 0.0873. The summed E-state index contributed by atoms with van der Waals surface area (Å²) in [6.45, 7) is 24.2. The van der Waals surface area contributed by atoms with Crippen LogP contribution in [0.15, 0.2) is 188 Å². The molecule has 0 atom stereocenters. The zero-order valence-electron chi connectivity index (χ0n) is 51.9. The number of aromatic nitrogens is 6. The molecule has 0 unspecified atom stereocenters. The van der Waals surface area contributed by atoms with Gasteiger partial charge in [-0.1, -0.05) is 298 Å². The Balaban J connectivity index is 0.000000205. The Hall–Kier alpha value is -8.22. The van der Waals surface area contributed by atoms with E-state index < -0.39 is 0 Å². The normalized spacial score (nSPS) is 11.6. The lowest BCUT2D eigenvalue weighted by Crippen LogP contribution is -2.10. The van der Waals surface area contributed by atoms with Crippen LogP contribution in [0.2, 0.25) is 0 Å². The van der Waals surface area contributed by atoms with Crippen molar-refractivity contribution in [3.63, 3.8) is 0 Å². The van der Waals surface area contributed by atoms with Gasteiger partial charge in [0.2, 0.25) is 0 Å². The molecule has 10 rings (SSSR count). The number of unbranched alkanes of at least 4 members (excludes halogenated alkanes) is 9. The van der Waals surface area contributed by atoms with Crippen molar-refractivity contribution in [3.05, 3.63) is 227 Å². The summed E-state index contributed by atoms with van der Waals surface area (Å²) in [6.07, 6.45) is 14.8. The zero-order chi connectivity index (χ0) is 59.2. The van der Waals surface area contributed by atoms with Gasteiger partial charge in [0.15, 0.2) is 34.9 Å². The topological polar surface area (TPSA) is 77.3 Å². The summed E-state index contributed by atoms with van der Waals surface area (Å²) in [4.78, 5) is 29.7. The molecule has 0 bridgehead atoms. The van der Waals surface area contributed by atoms with Crippen LogP contribution in [-0.2, 0) is 17.3 Å². The average Bonchev–Trinajstić information content (AvgIpc) is 3.45. The molecule has 428 valence electrons. The number of benzene rings is 8. The van der Waals surface area contributed by atoms with E-state index in [2.05, 4.69) is 264 Å². The van der Waals surface area contributed by atoms with E-state index in [1.807, 2.05) is 0 Å². The molecule has 0 spiro atoms. The summed E-state index contributed by atoms with van der Waals surface area (Å²) in [5, 5.41) is 0. The second-order valence-corrected chi connectivity index (χ2v) is 25.2. The fraction of sp³-hybridized carbons (Fsp3) is 0.308. The third-order valence-corrected chi connectivity index (χ3v) is 15.9. The highest BCUT2D eigenvalue weighted by atomic mass is 15.0. The van der Waals surface area contributed by atoms with Crippen molar-refractivity contribution in [1.29, 1.82) is 0 Å². The Labute approximate surface area is 502 Å². The molecule has 2 heterocycles. The summed E-state index contributed by atoms with van der Waals surface area (Å²) in [6, 6.07) is 66.9. The van der Waals surface area contributed by atoms with E-state index in [-0.39, 0.29) is 10.8 Å². The lowest BCUT2D eigenvalue weighted by Gasteiger charge is -2.20. The van der Waals surface area contributed by atoms with Gasteiger partial charge in [0.25, 0.3) is 0 Å². The summed E-state index contributed by atoms with van der Waals surface area (Å²) >= 11 is 0. The number of hydrogen-bond acceptors (Lipinski definition) is 6. The highest BCUT2D eigenvalue weighted by molar-refractivity contribution is 5.81. The minimum Gasteiger partial charge on any atom is -0.208 e. The van der Waals surface area contributed by atoms with E-state index in [9.17, 15) is 0 Å². The number of aryl methyl sites for hydroxylation is 5. The van der Waals surface area contributed by atoms with Crippen LogP contribution < -0.4 is 0 Å². The second kappa shape index (κ2) is 27.9. The minimum absolute atomic E-state index is 0.0873. The molecule has 6 heteroatoms. The Morgan fingerprint density at radius 1 is 0.250 bits per heavy atom. The molecule has 0 amide bonds. The summed E-state index contributed by atoms with van der Waals surface area (Å²) in [5.41, 5.74) is 19.5. The molecule has 0 saturated heterocycles. The highest BCUT2D eigenvalue weighted by Gasteiger charge is 2.19. The molecular formula is C78H86N6. The van der Waals surface area contributed by atoms with Crippen LogP contribution in [0, 0.1) is 27.7 Å². The van der Waals surface area contributed by atoms with Crippen LogP contribution in [0.3, 0.4) is 0 Å². The monoisotopic (exact) mass is 1110 g/mol. The molecular weight excluding hydrogens is 1020 g/mol. The van der Waals surface area contributed by atoms with Gasteiger partial charge in [-0.3, -0.25) is 0 Å². The lowest BCUT2D eigenvalue weighted by atomic mass is 9.85. The molecule has 2 aromatic heterocycles. The predicted octanol–water partition coefficient (Wildman–Crippen LogP) is 21.4. The molecule has 8 aromatic carbocycles. The highest BCUT2D eigenvalue weighted by Crippen LogP contribution is 2.36. The van der Waals surface area contributed by atoms with Gasteiger partial charge in [0.05, 0.1) is 0 Å². The Bertz CT molecular complexity index is 3500. The van der Waals surface area contributed by atoms with E-state index in [1.54, 1.807) is 0 Å². The zero-order valence-corrected chi connectivity index (χ0v) is 51.9. The SMILES string of the molecule is CCCCCCCCCCCCc1ccc(-c2nc(-c3ccc(C)cc3)nc(-c3ccc(C)cc3)n2)cc1.Cc1ccc(-c2nc(-c3ccc(C)cc3)nc(-c3cc(-c4ccc(C(C)(C)C)cc4)cc(-c4ccc(C(C)(C)C)cc4)c3)n2)cc1. The van der Waals surface area contributed by atoms with E-state index in [0.717, 1.165) is 67.9 Å². The van der Waals surface area contributed by atoms with Gasteiger partial charge in [-0.05, 0) is 109 Å². The fourth-order valence-electron chi connectivity index (χ4n) is 10.4. The lowest BCUT2D eigenvalue weighted by molar-refractivity contribution is 0.556. The van der Waals surface area contributed by atoms with E-state index in [4.69, 9.17) is 29.9 Å². The molecule has 0 aliphatic heterocycles. The predicted molar refractivity (Wildman–Crippen MR) is 355 cm³/mol. The fourth-order valence-corrected chi connectivity index (χ4v) is 10.4. The van der Waals surface area contributed by atoms with Gasteiger partial charge in [0.1, 0.15) is 0 Å². The molecule has 84 heavy (non-hydrogen) atoms. The molecule has 0 aliphatic rings. The summed E-state index contributed by atoms with van der Waals surface area (Å²) < 4.78 is 0. The maximum atomic E-state index is 5.09. The maximum absolute atomic E-state index is 5.09. The molecule has 10 aromatic rings.